The third kappa shape index (κ3) is 1.69. The van der Waals surface area contributed by atoms with Crippen molar-refractivity contribution in [2.75, 3.05) is 13.2 Å². The van der Waals surface area contributed by atoms with Gasteiger partial charge in [0, 0.05) is 5.56 Å². The Labute approximate surface area is 89.4 Å². The Bertz CT molecular complexity index is 469. The molecule has 0 aromatic heterocycles. The summed E-state index contributed by atoms with van der Waals surface area (Å²) in [6.45, 7) is 0.452. The maximum Gasteiger partial charge on any atom is 0.377 e. The van der Waals surface area contributed by atoms with Crippen LogP contribution in [-0.4, -0.2) is 30.1 Å². The summed E-state index contributed by atoms with van der Waals surface area (Å²) in [5.74, 6) is -3.67. The van der Waals surface area contributed by atoms with Crippen molar-refractivity contribution >= 4 is 11.8 Å². The Balaban J connectivity index is 2.47. The Morgan fingerprint density at radius 1 is 1.25 bits per heavy atom. The predicted octanol–water partition coefficient (Wildman–Crippen LogP) is 0.864. The summed E-state index contributed by atoms with van der Waals surface area (Å²) in [6, 6.07) is 1.98. The van der Waals surface area contributed by atoms with E-state index < -0.39 is 17.6 Å². The normalized spacial score (nSPS) is 13.3. The van der Waals surface area contributed by atoms with E-state index in [0.717, 1.165) is 12.1 Å². The van der Waals surface area contributed by atoms with Crippen molar-refractivity contribution in [2.24, 2.45) is 0 Å². The Morgan fingerprint density at radius 2 is 1.94 bits per heavy atom. The number of carboxylic acid groups (broad SMARTS) is 1. The van der Waals surface area contributed by atoms with Gasteiger partial charge in [-0.15, -0.1) is 0 Å². The SMILES string of the molecule is O=C(O)C(=O)c1cc(F)c2c(c1)OCCO2. The number of ether oxygens (including phenoxy) is 2. The maximum absolute atomic E-state index is 13.4. The number of rotatable bonds is 2. The molecule has 0 saturated heterocycles. The lowest BCUT2D eigenvalue weighted by Crippen LogP contribution is -2.18. The number of Topliss-reactive ketones (excluding diaryl/α,β-unsaturated/α-hetero) is 1. The molecule has 1 aromatic rings. The van der Waals surface area contributed by atoms with Crippen LogP contribution >= 0.6 is 0 Å². The minimum absolute atomic E-state index is 0.0517. The first-order chi connectivity index (χ1) is 7.59. The summed E-state index contributed by atoms with van der Waals surface area (Å²) >= 11 is 0. The average molecular weight is 226 g/mol. The Hall–Kier alpha value is -2.11. The number of fused-ring (bicyclic) bond motifs is 1. The molecular weight excluding hydrogens is 219 g/mol. The first-order valence-corrected chi connectivity index (χ1v) is 4.46. The fourth-order valence-corrected chi connectivity index (χ4v) is 1.37. The van der Waals surface area contributed by atoms with Gasteiger partial charge in [0.15, 0.2) is 17.3 Å². The standard InChI is InChI=1S/C10H7FO5/c11-6-3-5(8(12)10(13)14)4-7-9(6)16-2-1-15-7/h3-4H,1-2H2,(H,13,14). The van der Waals surface area contributed by atoms with Gasteiger partial charge in [0.2, 0.25) is 0 Å². The van der Waals surface area contributed by atoms with E-state index in [-0.39, 0.29) is 30.3 Å². The summed E-state index contributed by atoms with van der Waals surface area (Å²) in [7, 11) is 0. The van der Waals surface area contributed by atoms with Crippen LogP contribution < -0.4 is 9.47 Å². The van der Waals surface area contributed by atoms with Gasteiger partial charge in [-0.2, -0.15) is 0 Å². The topological polar surface area (TPSA) is 72.8 Å². The van der Waals surface area contributed by atoms with Gasteiger partial charge in [0.25, 0.3) is 5.78 Å². The van der Waals surface area contributed by atoms with E-state index in [2.05, 4.69) is 0 Å². The monoisotopic (exact) mass is 226 g/mol. The van der Waals surface area contributed by atoms with Crippen LogP contribution in [0.25, 0.3) is 0 Å². The van der Waals surface area contributed by atoms with Gasteiger partial charge in [-0.1, -0.05) is 0 Å². The van der Waals surface area contributed by atoms with Gasteiger partial charge in [-0.25, -0.2) is 9.18 Å². The molecule has 84 valence electrons. The molecule has 5 nitrogen and oxygen atoms in total. The van der Waals surface area contributed by atoms with Gasteiger partial charge in [0.05, 0.1) is 0 Å². The molecule has 0 saturated carbocycles. The lowest BCUT2D eigenvalue weighted by Gasteiger charge is -2.19. The third-order valence-electron chi connectivity index (χ3n) is 2.05. The minimum atomic E-state index is -1.64. The number of halogens is 1. The minimum Gasteiger partial charge on any atom is -0.486 e. The number of carbonyl (C=O) groups excluding carboxylic acids is 1. The van der Waals surface area contributed by atoms with Gasteiger partial charge >= 0.3 is 5.97 Å². The molecule has 0 spiro atoms. The van der Waals surface area contributed by atoms with Crippen molar-refractivity contribution in [3.05, 3.63) is 23.5 Å². The Kier molecular flexibility index (Phi) is 2.47. The highest BCUT2D eigenvalue weighted by atomic mass is 19.1. The summed E-state index contributed by atoms with van der Waals surface area (Å²) in [6.07, 6.45) is 0. The zero-order valence-electron chi connectivity index (χ0n) is 8.03. The summed E-state index contributed by atoms with van der Waals surface area (Å²) in [4.78, 5) is 21.6. The van der Waals surface area contributed by atoms with Crippen molar-refractivity contribution in [2.45, 2.75) is 0 Å². The first-order valence-electron chi connectivity index (χ1n) is 4.46. The van der Waals surface area contributed by atoms with Crippen LogP contribution in [0.4, 0.5) is 4.39 Å². The van der Waals surface area contributed by atoms with Crippen LogP contribution in [0.1, 0.15) is 10.4 Å². The van der Waals surface area contributed by atoms with Crippen molar-refractivity contribution in [1.82, 2.24) is 0 Å². The first kappa shape index (κ1) is 10.4. The molecule has 1 aromatic carbocycles. The molecule has 0 unspecified atom stereocenters. The van der Waals surface area contributed by atoms with Crippen LogP contribution in [0.3, 0.4) is 0 Å². The van der Waals surface area contributed by atoms with Crippen LogP contribution in [0, 0.1) is 5.82 Å². The molecule has 0 aliphatic carbocycles. The smallest absolute Gasteiger partial charge is 0.377 e. The Morgan fingerprint density at radius 3 is 2.62 bits per heavy atom. The highest BCUT2D eigenvalue weighted by Gasteiger charge is 2.22. The molecule has 1 aliphatic heterocycles. The van der Waals surface area contributed by atoms with Crippen molar-refractivity contribution in [3.8, 4) is 11.5 Å². The van der Waals surface area contributed by atoms with Gasteiger partial charge in [-0.3, -0.25) is 4.79 Å². The van der Waals surface area contributed by atoms with Gasteiger partial charge in [-0.05, 0) is 12.1 Å². The molecule has 0 bridgehead atoms. The largest absolute Gasteiger partial charge is 0.486 e. The number of benzene rings is 1. The van der Waals surface area contributed by atoms with Crippen molar-refractivity contribution in [1.29, 1.82) is 0 Å². The molecule has 0 fully saturated rings. The molecule has 0 atom stereocenters. The molecule has 16 heavy (non-hydrogen) atoms. The number of carbonyl (C=O) groups is 2. The highest BCUT2D eigenvalue weighted by molar-refractivity contribution is 6.39. The highest BCUT2D eigenvalue weighted by Crippen LogP contribution is 2.34. The van der Waals surface area contributed by atoms with E-state index in [1.165, 1.54) is 0 Å². The molecule has 1 aliphatic rings. The zero-order valence-corrected chi connectivity index (χ0v) is 8.03. The van der Waals surface area contributed by atoms with Crippen LogP contribution in [0.15, 0.2) is 12.1 Å². The second-order valence-corrected chi connectivity index (χ2v) is 3.12. The third-order valence-corrected chi connectivity index (χ3v) is 2.05. The summed E-state index contributed by atoms with van der Waals surface area (Å²) in [5.41, 5.74) is -0.269. The molecule has 1 N–H and O–H groups in total. The molecule has 1 heterocycles. The fourth-order valence-electron chi connectivity index (χ4n) is 1.37. The molecule has 6 heteroatoms. The predicted molar refractivity (Wildman–Crippen MR) is 49.4 cm³/mol. The number of carboxylic acids is 1. The molecule has 2 rings (SSSR count). The lowest BCUT2D eigenvalue weighted by atomic mass is 10.1. The van der Waals surface area contributed by atoms with E-state index in [9.17, 15) is 14.0 Å². The van der Waals surface area contributed by atoms with Crippen molar-refractivity contribution in [3.63, 3.8) is 0 Å². The lowest BCUT2D eigenvalue weighted by molar-refractivity contribution is -0.131. The second-order valence-electron chi connectivity index (χ2n) is 3.12. The van der Waals surface area contributed by atoms with E-state index >= 15 is 0 Å². The maximum atomic E-state index is 13.4. The molecular formula is C10H7FO5. The molecule has 0 radical (unpaired) electrons. The number of aliphatic carboxylic acids is 1. The van der Waals surface area contributed by atoms with E-state index in [4.69, 9.17) is 14.6 Å². The van der Waals surface area contributed by atoms with Crippen LogP contribution in [0.2, 0.25) is 0 Å². The van der Waals surface area contributed by atoms with Crippen molar-refractivity contribution < 1.29 is 28.6 Å². The number of hydrogen-bond donors (Lipinski definition) is 1. The van der Waals surface area contributed by atoms with Crippen LogP contribution in [-0.2, 0) is 4.79 Å². The zero-order chi connectivity index (χ0) is 11.7. The summed E-state index contributed by atoms with van der Waals surface area (Å²) < 4.78 is 23.5. The van der Waals surface area contributed by atoms with E-state index in [0.29, 0.717) is 0 Å². The number of ketones is 1. The van der Waals surface area contributed by atoms with E-state index in [1.807, 2.05) is 0 Å². The summed E-state index contributed by atoms with van der Waals surface area (Å²) in [5, 5.41) is 8.49. The molecule has 0 amide bonds. The van der Waals surface area contributed by atoms with Gasteiger partial charge < -0.3 is 14.6 Å². The number of hydrogen-bond acceptors (Lipinski definition) is 4. The van der Waals surface area contributed by atoms with Crippen LogP contribution in [0.5, 0.6) is 11.5 Å². The average Bonchev–Trinajstić information content (AvgIpc) is 2.28. The van der Waals surface area contributed by atoms with Gasteiger partial charge in [0.1, 0.15) is 13.2 Å². The second kappa shape index (κ2) is 3.80. The quantitative estimate of drug-likeness (QED) is 0.598. The fraction of sp³-hybridized carbons (Fsp3) is 0.200. The van der Waals surface area contributed by atoms with E-state index in [1.54, 1.807) is 0 Å².